The van der Waals surface area contributed by atoms with Gasteiger partial charge in [0.05, 0.1) is 12.2 Å². The molecule has 0 unspecified atom stereocenters. The summed E-state index contributed by atoms with van der Waals surface area (Å²) in [5.41, 5.74) is 1.54. The van der Waals surface area contributed by atoms with Gasteiger partial charge in [-0.05, 0) is 43.4 Å². The number of benzene rings is 2. The smallest absolute Gasteiger partial charge is 0.107 e. The van der Waals surface area contributed by atoms with Crippen molar-refractivity contribution < 1.29 is 5.11 Å². The first kappa shape index (κ1) is 17.7. The minimum Gasteiger partial charge on any atom is -0.393 e. The van der Waals surface area contributed by atoms with Crippen molar-refractivity contribution in [1.82, 2.24) is 4.90 Å². The van der Waals surface area contributed by atoms with E-state index in [4.69, 9.17) is 0 Å². The highest BCUT2D eigenvalue weighted by molar-refractivity contribution is 5.45. The highest BCUT2D eigenvalue weighted by atomic mass is 16.3. The number of nitriles is 1. The van der Waals surface area contributed by atoms with E-state index in [1.165, 1.54) is 0 Å². The highest BCUT2D eigenvalue weighted by Gasteiger charge is 2.34. The van der Waals surface area contributed by atoms with Gasteiger partial charge in [-0.2, -0.15) is 5.26 Å². The Morgan fingerprint density at radius 2 is 1.48 bits per heavy atom. The molecule has 0 atom stereocenters. The molecule has 0 aromatic heterocycles. The fourth-order valence-electron chi connectivity index (χ4n) is 3.80. The minimum absolute atomic E-state index is 0.136. The average Bonchev–Trinajstić information content (AvgIpc) is 2.68. The van der Waals surface area contributed by atoms with E-state index in [0.717, 1.165) is 56.4 Å². The molecule has 130 valence electrons. The molecule has 0 spiro atoms. The monoisotopic (exact) mass is 334 g/mol. The minimum atomic E-state index is -0.599. The van der Waals surface area contributed by atoms with Gasteiger partial charge in [-0.1, -0.05) is 60.7 Å². The highest BCUT2D eigenvalue weighted by Crippen LogP contribution is 2.36. The van der Waals surface area contributed by atoms with E-state index in [0.29, 0.717) is 0 Å². The third-order valence-corrected chi connectivity index (χ3v) is 5.31. The molecule has 1 saturated heterocycles. The number of likely N-dealkylation sites (tertiary alicyclic amines) is 1. The van der Waals surface area contributed by atoms with E-state index in [2.05, 4.69) is 35.2 Å². The summed E-state index contributed by atoms with van der Waals surface area (Å²) in [5, 5.41) is 19.8. The average molecular weight is 334 g/mol. The van der Waals surface area contributed by atoms with E-state index in [9.17, 15) is 10.4 Å². The molecule has 1 heterocycles. The summed E-state index contributed by atoms with van der Waals surface area (Å²) in [5.74, 6) is 0. The van der Waals surface area contributed by atoms with Gasteiger partial charge in [-0.3, -0.25) is 0 Å². The van der Waals surface area contributed by atoms with Crippen LogP contribution in [0.2, 0.25) is 0 Å². The fourth-order valence-corrected chi connectivity index (χ4v) is 3.80. The lowest BCUT2D eigenvalue weighted by molar-refractivity contribution is 0.0814. The van der Waals surface area contributed by atoms with Crippen LogP contribution in [-0.2, 0) is 5.41 Å². The fraction of sp³-hybridized carbons (Fsp3) is 0.409. The van der Waals surface area contributed by atoms with E-state index in [1.54, 1.807) is 0 Å². The first-order valence-electron chi connectivity index (χ1n) is 9.17. The molecule has 0 aliphatic carbocycles. The molecule has 3 nitrogen and oxygen atoms in total. The lowest BCUT2D eigenvalue weighted by Crippen LogP contribution is -2.37. The van der Waals surface area contributed by atoms with Crippen molar-refractivity contribution in [2.75, 3.05) is 19.6 Å². The van der Waals surface area contributed by atoms with Crippen molar-refractivity contribution in [2.45, 2.75) is 37.2 Å². The first-order chi connectivity index (χ1) is 12.2. The summed E-state index contributed by atoms with van der Waals surface area (Å²) in [6.07, 6.45) is 3.36. The van der Waals surface area contributed by atoms with E-state index in [-0.39, 0.29) is 6.10 Å². The SMILES string of the molecule is N#CC(CCCN1CCC(O)CC1)(c1ccccc1)c1ccccc1. The number of nitrogens with zero attached hydrogens (tertiary/aromatic N) is 2. The van der Waals surface area contributed by atoms with Crippen molar-refractivity contribution in [3.05, 3.63) is 71.8 Å². The summed E-state index contributed by atoms with van der Waals surface area (Å²) < 4.78 is 0. The Bertz CT molecular complexity index is 645. The molecule has 0 bridgehead atoms. The Hall–Kier alpha value is -2.15. The van der Waals surface area contributed by atoms with Gasteiger partial charge in [-0.25, -0.2) is 0 Å². The normalized spacial score (nSPS) is 16.5. The van der Waals surface area contributed by atoms with Gasteiger partial charge in [0.2, 0.25) is 0 Å². The molecule has 3 rings (SSSR count). The third-order valence-electron chi connectivity index (χ3n) is 5.31. The molecule has 25 heavy (non-hydrogen) atoms. The number of rotatable bonds is 6. The second kappa shape index (κ2) is 8.29. The van der Waals surface area contributed by atoms with E-state index in [1.807, 2.05) is 36.4 Å². The quantitative estimate of drug-likeness (QED) is 0.875. The molecule has 2 aromatic carbocycles. The third kappa shape index (κ3) is 4.10. The maximum Gasteiger partial charge on any atom is 0.107 e. The summed E-state index contributed by atoms with van der Waals surface area (Å²) in [6, 6.07) is 22.9. The predicted octanol–water partition coefficient (Wildman–Crippen LogP) is 3.73. The van der Waals surface area contributed by atoms with E-state index >= 15 is 0 Å². The molecule has 0 saturated carbocycles. The molecule has 1 fully saturated rings. The van der Waals surface area contributed by atoms with Gasteiger partial charge in [0.1, 0.15) is 5.41 Å². The van der Waals surface area contributed by atoms with Crippen LogP contribution in [0, 0.1) is 11.3 Å². The summed E-state index contributed by atoms with van der Waals surface area (Å²) in [6.45, 7) is 2.89. The van der Waals surface area contributed by atoms with Gasteiger partial charge in [0.15, 0.2) is 0 Å². The number of piperidine rings is 1. The van der Waals surface area contributed by atoms with Crippen LogP contribution in [0.5, 0.6) is 0 Å². The molecule has 2 aromatic rings. The van der Waals surface area contributed by atoms with Crippen LogP contribution < -0.4 is 0 Å². The van der Waals surface area contributed by atoms with Gasteiger partial charge in [-0.15, -0.1) is 0 Å². The molecule has 3 heteroatoms. The van der Waals surface area contributed by atoms with Crippen LogP contribution in [-0.4, -0.2) is 35.7 Å². The summed E-state index contributed by atoms with van der Waals surface area (Å²) >= 11 is 0. The van der Waals surface area contributed by atoms with Gasteiger partial charge >= 0.3 is 0 Å². The van der Waals surface area contributed by atoms with Gasteiger partial charge in [0.25, 0.3) is 0 Å². The Labute approximate surface area is 150 Å². The van der Waals surface area contributed by atoms with Gasteiger partial charge in [0, 0.05) is 13.1 Å². The maximum absolute atomic E-state index is 10.2. The molecule has 0 radical (unpaired) electrons. The van der Waals surface area contributed by atoms with Crippen LogP contribution in [0.4, 0.5) is 0 Å². The summed E-state index contributed by atoms with van der Waals surface area (Å²) in [4.78, 5) is 2.41. The second-order valence-electron chi connectivity index (χ2n) is 6.93. The maximum atomic E-state index is 10.2. The Kier molecular flexibility index (Phi) is 5.86. The summed E-state index contributed by atoms with van der Waals surface area (Å²) in [7, 11) is 0. The first-order valence-corrected chi connectivity index (χ1v) is 9.17. The lowest BCUT2D eigenvalue weighted by Gasteiger charge is -2.32. The molecular weight excluding hydrogens is 308 g/mol. The van der Waals surface area contributed by atoms with Crippen molar-refractivity contribution in [2.24, 2.45) is 0 Å². The van der Waals surface area contributed by atoms with Crippen LogP contribution in [0.15, 0.2) is 60.7 Å². The Morgan fingerprint density at radius 3 is 1.96 bits per heavy atom. The zero-order chi connectivity index (χ0) is 17.5. The zero-order valence-electron chi connectivity index (χ0n) is 14.6. The van der Waals surface area contributed by atoms with Crippen molar-refractivity contribution in [1.29, 1.82) is 5.26 Å². The Balaban J connectivity index is 1.77. The van der Waals surface area contributed by atoms with Gasteiger partial charge < -0.3 is 10.0 Å². The number of hydrogen-bond acceptors (Lipinski definition) is 3. The van der Waals surface area contributed by atoms with Crippen molar-refractivity contribution in [3.63, 3.8) is 0 Å². The molecule has 1 aliphatic heterocycles. The van der Waals surface area contributed by atoms with E-state index < -0.39 is 5.41 Å². The van der Waals surface area contributed by atoms with Crippen molar-refractivity contribution in [3.8, 4) is 6.07 Å². The van der Waals surface area contributed by atoms with Crippen molar-refractivity contribution >= 4 is 0 Å². The lowest BCUT2D eigenvalue weighted by atomic mass is 9.72. The van der Waals surface area contributed by atoms with Crippen LogP contribution in [0.25, 0.3) is 0 Å². The largest absolute Gasteiger partial charge is 0.393 e. The molecule has 1 aliphatic rings. The predicted molar refractivity (Wildman–Crippen MR) is 100 cm³/mol. The van der Waals surface area contributed by atoms with Crippen LogP contribution in [0.3, 0.4) is 0 Å². The second-order valence-corrected chi connectivity index (χ2v) is 6.93. The van der Waals surface area contributed by atoms with Crippen LogP contribution >= 0.6 is 0 Å². The molecule has 0 amide bonds. The number of aliphatic hydroxyl groups excluding tert-OH is 1. The topological polar surface area (TPSA) is 47.3 Å². The standard InChI is InChI=1S/C22H26N2O/c23-18-22(19-8-3-1-4-9-19,20-10-5-2-6-11-20)14-7-15-24-16-12-21(25)13-17-24/h1-6,8-11,21,25H,7,12-17H2. The molecular formula is C22H26N2O. The van der Waals surface area contributed by atoms with Crippen LogP contribution in [0.1, 0.15) is 36.8 Å². The Morgan fingerprint density at radius 1 is 0.960 bits per heavy atom. The zero-order valence-corrected chi connectivity index (χ0v) is 14.6. The molecule has 1 N–H and O–H groups in total. The number of aliphatic hydroxyl groups is 1. The number of hydrogen-bond donors (Lipinski definition) is 1.